The number of hydrogen-bond donors (Lipinski definition) is 3. The third-order valence-electron chi connectivity index (χ3n) is 2.70. The number of guanidine groups is 1. The van der Waals surface area contributed by atoms with Gasteiger partial charge in [0.2, 0.25) is 0 Å². The van der Waals surface area contributed by atoms with E-state index in [-0.39, 0.29) is 5.96 Å². The van der Waals surface area contributed by atoms with Crippen molar-refractivity contribution in [3.8, 4) is 0 Å². The van der Waals surface area contributed by atoms with E-state index in [1.807, 2.05) is 24.3 Å². The summed E-state index contributed by atoms with van der Waals surface area (Å²) in [5.74, 6) is -1.69. The minimum atomic E-state index is -4.25. The molecule has 2 rings (SSSR count). The molecule has 0 bridgehead atoms. The highest BCUT2D eigenvalue weighted by atomic mass is 32.2. The summed E-state index contributed by atoms with van der Waals surface area (Å²) >= 11 is 0. The molecule has 1 aromatic carbocycles. The second kappa shape index (κ2) is 5.43. The van der Waals surface area contributed by atoms with Crippen molar-refractivity contribution in [2.75, 3.05) is 5.88 Å². The number of carbonyl (C=O) groups excluding carboxylic acids is 1. The fraction of sp³-hybridized carbons (Fsp3) is 0.167. The Balaban J connectivity index is 2.01. The van der Waals surface area contributed by atoms with E-state index < -0.39 is 21.9 Å². The van der Waals surface area contributed by atoms with Gasteiger partial charge >= 0.3 is 0 Å². The molecule has 4 N–H and O–H groups in total. The molecular formula is C12H13N3O4S. The van der Waals surface area contributed by atoms with Crippen LogP contribution in [0.4, 0.5) is 0 Å². The van der Waals surface area contributed by atoms with Crippen LogP contribution in [0.25, 0.3) is 6.08 Å². The van der Waals surface area contributed by atoms with Crippen LogP contribution >= 0.6 is 0 Å². The van der Waals surface area contributed by atoms with Crippen molar-refractivity contribution in [2.24, 2.45) is 10.7 Å². The number of rotatable bonds is 3. The number of nitrogens with one attached hydrogen (secondary N) is 1. The predicted octanol–water partition coefficient (Wildman–Crippen LogP) is -0.0977. The summed E-state index contributed by atoms with van der Waals surface area (Å²) in [6, 6.07) is 7.57. The third-order valence-corrected chi connectivity index (χ3v) is 3.15. The number of nitrogens with zero attached hydrogens (tertiary/aromatic N) is 1. The normalized spacial score (nSPS) is 14.7. The van der Waals surface area contributed by atoms with E-state index >= 15 is 0 Å². The highest BCUT2D eigenvalue weighted by Crippen LogP contribution is 2.24. The van der Waals surface area contributed by atoms with E-state index in [1.165, 1.54) is 0 Å². The summed E-state index contributed by atoms with van der Waals surface area (Å²) < 4.78 is 29.5. The van der Waals surface area contributed by atoms with Crippen LogP contribution in [-0.2, 0) is 21.3 Å². The monoisotopic (exact) mass is 295 g/mol. The van der Waals surface area contributed by atoms with Gasteiger partial charge in [0.1, 0.15) is 0 Å². The maximum atomic E-state index is 11.9. The van der Waals surface area contributed by atoms with Crippen molar-refractivity contribution in [1.82, 2.24) is 5.32 Å². The molecular weight excluding hydrogens is 282 g/mol. The van der Waals surface area contributed by atoms with Crippen LogP contribution in [0.1, 0.15) is 11.1 Å². The maximum Gasteiger partial charge on any atom is 0.285 e. The molecule has 0 atom stereocenters. The van der Waals surface area contributed by atoms with Gasteiger partial charge < -0.3 is 5.73 Å². The van der Waals surface area contributed by atoms with Gasteiger partial charge in [0.25, 0.3) is 16.0 Å². The number of hydrogen-bond acceptors (Lipinski definition) is 4. The van der Waals surface area contributed by atoms with Gasteiger partial charge in [0.15, 0.2) is 11.8 Å². The molecule has 0 fully saturated rings. The van der Waals surface area contributed by atoms with Crippen LogP contribution in [0.15, 0.2) is 34.8 Å². The summed E-state index contributed by atoms with van der Waals surface area (Å²) in [7, 11) is -4.25. The first-order valence-corrected chi connectivity index (χ1v) is 7.31. The van der Waals surface area contributed by atoms with Gasteiger partial charge in [0, 0.05) is 12.0 Å². The van der Waals surface area contributed by atoms with Crippen molar-refractivity contribution >= 4 is 28.1 Å². The van der Waals surface area contributed by atoms with Crippen molar-refractivity contribution < 1.29 is 17.8 Å². The zero-order valence-electron chi connectivity index (χ0n) is 10.4. The standard InChI is InChI=1S/C12H13N3O4S/c13-12(14-7-20(17,18)19)15-11(16)10-5-8-3-1-2-4-9(8)6-10/h1-5H,6-7H2,(H,17,18,19)(H3,13,14,15,16). The molecule has 1 amide bonds. The number of aliphatic imine (C=N–C) groups is 1. The molecule has 0 unspecified atom stereocenters. The van der Waals surface area contributed by atoms with Crippen LogP contribution in [0, 0.1) is 0 Å². The summed E-state index contributed by atoms with van der Waals surface area (Å²) in [6.45, 7) is 0. The van der Waals surface area contributed by atoms with Crippen molar-refractivity contribution in [3.63, 3.8) is 0 Å². The lowest BCUT2D eigenvalue weighted by atomic mass is 10.1. The molecule has 0 radical (unpaired) electrons. The first-order chi connectivity index (χ1) is 9.35. The van der Waals surface area contributed by atoms with E-state index in [1.54, 1.807) is 6.08 Å². The highest BCUT2D eigenvalue weighted by Gasteiger charge is 2.18. The van der Waals surface area contributed by atoms with Gasteiger partial charge in [-0.15, -0.1) is 0 Å². The number of carbonyl (C=O) groups is 1. The summed E-state index contributed by atoms with van der Waals surface area (Å²) in [5, 5.41) is 2.27. The zero-order chi connectivity index (χ0) is 14.8. The van der Waals surface area contributed by atoms with Gasteiger partial charge in [-0.1, -0.05) is 24.3 Å². The van der Waals surface area contributed by atoms with Crippen LogP contribution in [0.2, 0.25) is 0 Å². The SMILES string of the molecule is NC(=NCS(=O)(=O)O)NC(=O)C1=Cc2ccccc2C1. The van der Waals surface area contributed by atoms with Crippen molar-refractivity contribution in [3.05, 3.63) is 41.0 Å². The maximum absolute atomic E-state index is 11.9. The lowest BCUT2D eigenvalue weighted by Crippen LogP contribution is -2.38. The second-order valence-corrected chi connectivity index (χ2v) is 5.68. The molecule has 0 saturated heterocycles. The van der Waals surface area contributed by atoms with Crippen molar-refractivity contribution in [1.29, 1.82) is 0 Å². The Morgan fingerprint density at radius 2 is 2.10 bits per heavy atom. The molecule has 0 heterocycles. The lowest BCUT2D eigenvalue weighted by molar-refractivity contribution is -0.116. The van der Waals surface area contributed by atoms with E-state index in [0.29, 0.717) is 12.0 Å². The minimum absolute atomic E-state index is 0.357. The van der Waals surface area contributed by atoms with Crippen LogP contribution in [-0.4, -0.2) is 30.7 Å². The fourth-order valence-electron chi connectivity index (χ4n) is 1.81. The van der Waals surface area contributed by atoms with E-state index in [0.717, 1.165) is 11.1 Å². The Bertz CT molecular complexity index is 707. The Hall–Kier alpha value is -2.19. The number of fused-ring (bicyclic) bond motifs is 1. The Morgan fingerprint density at radius 1 is 1.40 bits per heavy atom. The van der Waals surface area contributed by atoms with Gasteiger partial charge in [-0.05, 0) is 17.2 Å². The van der Waals surface area contributed by atoms with E-state index in [4.69, 9.17) is 10.3 Å². The van der Waals surface area contributed by atoms with Gasteiger partial charge in [-0.25, -0.2) is 4.99 Å². The topological polar surface area (TPSA) is 122 Å². The van der Waals surface area contributed by atoms with Gasteiger partial charge in [-0.3, -0.25) is 14.7 Å². The molecule has 0 spiro atoms. The summed E-state index contributed by atoms with van der Waals surface area (Å²) in [4.78, 5) is 15.2. The molecule has 0 aliphatic heterocycles. The summed E-state index contributed by atoms with van der Waals surface area (Å²) in [5.41, 5.74) is 7.88. The van der Waals surface area contributed by atoms with Crippen LogP contribution in [0.3, 0.4) is 0 Å². The smallest absolute Gasteiger partial charge is 0.285 e. The lowest BCUT2D eigenvalue weighted by Gasteiger charge is -2.04. The second-order valence-electron chi connectivity index (χ2n) is 4.25. The Kier molecular flexibility index (Phi) is 3.86. The zero-order valence-corrected chi connectivity index (χ0v) is 11.2. The van der Waals surface area contributed by atoms with Crippen molar-refractivity contribution in [2.45, 2.75) is 6.42 Å². The molecule has 8 heteroatoms. The average molecular weight is 295 g/mol. The van der Waals surface area contributed by atoms with E-state index in [2.05, 4.69) is 10.3 Å². The van der Waals surface area contributed by atoms with Crippen LogP contribution < -0.4 is 11.1 Å². The highest BCUT2D eigenvalue weighted by molar-refractivity contribution is 7.85. The number of benzene rings is 1. The minimum Gasteiger partial charge on any atom is -0.370 e. The van der Waals surface area contributed by atoms with Crippen LogP contribution in [0.5, 0.6) is 0 Å². The first kappa shape index (κ1) is 14.2. The molecule has 1 aliphatic rings. The largest absolute Gasteiger partial charge is 0.370 e. The molecule has 0 aromatic heterocycles. The number of nitrogens with two attached hydrogens (primary N) is 1. The quantitative estimate of drug-likeness (QED) is 0.408. The Morgan fingerprint density at radius 3 is 2.75 bits per heavy atom. The van der Waals surface area contributed by atoms with Gasteiger partial charge in [0.05, 0.1) is 0 Å². The molecule has 7 nitrogen and oxygen atoms in total. The fourth-order valence-corrected chi connectivity index (χ4v) is 2.12. The van der Waals surface area contributed by atoms with Gasteiger partial charge in [-0.2, -0.15) is 8.42 Å². The predicted molar refractivity (Wildman–Crippen MR) is 74.3 cm³/mol. The number of amides is 1. The van der Waals surface area contributed by atoms with E-state index in [9.17, 15) is 13.2 Å². The molecule has 1 aliphatic carbocycles. The molecule has 20 heavy (non-hydrogen) atoms. The first-order valence-electron chi connectivity index (χ1n) is 5.70. The summed E-state index contributed by atoms with van der Waals surface area (Å²) in [6.07, 6.45) is 2.22. The molecule has 1 aromatic rings. The molecule has 106 valence electrons. The Labute approximate surface area is 116 Å². The average Bonchev–Trinajstić information content (AvgIpc) is 2.79. The molecule has 0 saturated carbocycles. The third kappa shape index (κ3) is 3.65.